The van der Waals surface area contributed by atoms with Crippen LogP contribution in [0.1, 0.15) is 18.4 Å². The van der Waals surface area contributed by atoms with Gasteiger partial charge in [-0.2, -0.15) is 0 Å². The predicted molar refractivity (Wildman–Crippen MR) is 65.9 cm³/mol. The van der Waals surface area contributed by atoms with Crippen LogP contribution in [0.25, 0.3) is 10.8 Å². The van der Waals surface area contributed by atoms with Gasteiger partial charge < -0.3 is 4.79 Å². The van der Waals surface area contributed by atoms with Crippen LogP contribution in [0.3, 0.4) is 0 Å². The van der Waals surface area contributed by atoms with E-state index >= 15 is 0 Å². The third-order valence-corrected chi connectivity index (χ3v) is 3.75. The molecule has 2 heteroatoms. The van der Waals surface area contributed by atoms with Crippen molar-refractivity contribution in [3.63, 3.8) is 0 Å². The summed E-state index contributed by atoms with van der Waals surface area (Å²) >= 11 is 6.10. The first kappa shape index (κ1) is 9.86. The van der Waals surface area contributed by atoms with Crippen molar-refractivity contribution in [3.8, 4) is 0 Å². The van der Waals surface area contributed by atoms with Gasteiger partial charge in [-0.3, -0.25) is 0 Å². The van der Waals surface area contributed by atoms with Crippen molar-refractivity contribution >= 4 is 28.7 Å². The monoisotopic (exact) mass is 230 g/mol. The number of fused-ring (bicyclic) bond motifs is 1. The molecule has 3 rings (SSSR count). The lowest BCUT2D eigenvalue weighted by atomic mass is 9.95. The first-order chi connectivity index (χ1) is 7.75. The molecule has 1 saturated carbocycles. The SMILES string of the molecule is O=CC1(c2ccc3c(Cl)cccc3c2)CC1. The second kappa shape index (κ2) is 3.33. The van der Waals surface area contributed by atoms with E-state index in [0.717, 1.165) is 40.5 Å². The summed E-state index contributed by atoms with van der Waals surface area (Å²) in [5.41, 5.74) is 0.925. The zero-order valence-electron chi connectivity index (χ0n) is 8.74. The number of hydrogen-bond acceptors (Lipinski definition) is 1. The second-order valence-corrected chi connectivity index (χ2v) is 4.86. The van der Waals surface area contributed by atoms with Gasteiger partial charge in [0.15, 0.2) is 0 Å². The molecule has 16 heavy (non-hydrogen) atoms. The highest BCUT2D eigenvalue weighted by atomic mass is 35.5. The highest BCUT2D eigenvalue weighted by Crippen LogP contribution is 2.47. The van der Waals surface area contributed by atoms with Crippen LogP contribution in [0.5, 0.6) is 0 Å². The summed E-state index contributed by atoms with van der Waals surface area (Å²) in [5, 5.41) is 2.92. The molecule has 1 fully saturated rings. The Bertz CT molecular complexity index is 570. The quantitative estimate of drug-likeness (QED) is 0.719. The van der Waals surface area contributed by atoms with E-state index in [1.165, 1.54) is 0 Å². The Kier molecular flexibility index (Phi) is 2.05. The Balaban J connectivity index is 2.20. The van der Waals surface area contributed by atoms with Gasteiger partial charge >= 0.3 is 0 Å². The minimum Gasteiger partial charge on any atom is -0.302 e. The lowest BCUT2D eigenvalue weighted by Gasteiger charge is -2.09. The second-order valence-electron chi connectivity index (χ2n) is 4.45. The third kappa shape index (κ3) is 1.35. The van der Waals surface area contributed by atoms with Crippen LogP contribution in [0.2, 0.25) is 5.02 Å². The molecule has 0 aromatic heterocycles. The maximum atomic E-state index is 11.1. The minimum absolute atomic E-state index is 0.198. The van der Waals surface area contributed by atoms with Crippen molar-refractivity contribution in [1.82, 2.24) is 0 Å². The van der Waals surface area contributed by atoms with E-state index in [0.29, 0.717) is 0 Å². The first-order valence-electron chi connectivity index (χ1n) is 5.40. The van der Waals surface area contributed by atoms with Crippen molar-refractivity contribution in [2.45, 2.75) is 18.3 Å². The van der Waals surface area contributed by atoms with Gasteiger partial charge in [0, 0.05) is 10.4 Å². The van der Waals surface area contributed by atoms with E-state index < -0.39 is 0 Å². The number of carbonyl (C=O) groups excluding carboxylic acids is 1. The Morgan fingerprint density at radius 1 is 1.19 bits per heavy atom. The number of rotatable bonds is 2. The summed E-state index contributed by atoms with van der Waals surface area (Å²) in [4.78, 5) is 11.1. The van der Waals surface area contributed by atoms with Crippen LogP contribution in [-0.2, 0) is 10.2 Å². The summed E-state index contributed by atoms with van der Waals surface area (Å²) in [5.74, 6) is 0. The van der Waals surface area contributed by atoms with Crippen LogP contribution in [0.15, 0.2) is 36.4 Å². The van der Waals surface area contributed by atoms with Gasteiger partial charge in [0.25, 0.3) is 0 Å². The summed E-state index contributed by atoms with van der Waals surface area (Å²) in [6.07, 6.45) is 3.03. The average molecular weight is 231 g/mol. The van der Waals surface area contributed by atoms with E-state index in [1.807, 2.05) is 30.3 Å². The van der Waals surface area contributed by atoms with Crippen molar-refractivity contribution in [2.75, 3.05) is 0 Å². The highest BCUT2D eigenvalue weighted by molar-refractivity contribution is 6.35. The predicted octanol–water partition coefficient (Wildman–Crippen LogP) is 3.72. The normalized spacial score (nSPS) is 17.3. The molecule has 0 aliphatic heterocycles. The molecule has 2 aromatic rings. The van der Waals surface area contributed by atoms with Gasteiger partial charge in [-0.1, -0.05) is 41.9 Å². The molecule has 0 bridgehead atoms. The lowest BCUT2D eigenvalue weighted by Crippen LogP contribution is -2.07. The van der Waals surface area contributed by atoms with Crippen LogP contribution < -0.4 is 0 Å². The molecular formula is C14H11ClO. The van der Waals surface area contributed by atoms with E-state index in [4.69, 9.17) is 11.6 Å². The Morgan fingerprint density at radius 2 is 2.00 bits per heavy atom. The largest absolute Gasteiger partial charge is 0.302 e. The number of halogens is 1. The summed E-state index contributed by atoms with van der Waals surface area (Å²) < 4.78 is 0. The van der Waals surface area contributed by atoms with Crippen molar-refractivity contribution in [2.24, 2.45) is 0 Å². The van der Waals surface area contributed by atoms with Gasteiger partial charge in [-0.05, 0) is 29.9 Å². The zero-order valence-corrected chi connectivity index (χ0v) is 9.50. The van der Waals surface area contributed by atoms with E-state index in [-0.39, 0.29) is 5.41 Å². The summed E-state index contributed by atoms with van der Waals surface area (Å²) in [6.45, 7) is 0. The Labute approximate surface area is 99.0 Å². The molecule has 0 amide bonds. The standard InChI is InChI=1S/C14H11ClO/c15-13-3-1-2-10-8-11(4-5-12(10)13)14(9-16)6-7-14/h1-5,8-9H,6-7H2. The van der Waals surface area contributed by atoms with E-state index in [2.05, 4.69) is 6.07 Å². The number of hydrogen-bond donors (Lipinski definition) is 0. The molecular weight excluding hydrogens is 220 g/mol. The molecule has 1 aliphatic rings. The number of benzene rings is 2. The third-order valence-electron chi connectivity index (χ3n) is 3.42. The van der Waals surface area contributed by atoms with Gasteiger partial charge in [0.2, 0.25) is 0 Å². The molecule has 1 aliphatic carbocycles. The molecule has 0 radical (unpaired) electrons. The minimum atomic E-state index is -0.198. The van der Waals surface area contributed by atoms with Crippen molar-refractivity contribution < 1.29 is 4.79 Å². The fourth-order valence-corrected chi connectivity index (χ4v) is 2.41. The fraction of sp³-hybridized carbons (Fsp3) is 0.214. The van der Waals surface area contributed by atoms with Crippen LogP contribution in [0, 0.1) is 0 Å². The van der Waals surface area contributed by atoms with Gasteiger partial charge in [-0.25, -0.2) is 0 Å². The Hall–Kier alpha value is -1.34. The zero-order chi connectivity index (χ0) is 11.2. The molecule has 2 aromatic carbocycles. The maximum absolute atomic E-state index is 11.1. The van der Waals surface area contributed by atoms with Crippen LogP contribution in [0.4, 0.5) is 0 Å². The summed E-state index contributed by atoms with van der Waals surface area (Å²) in [7, 11) is 0. The molecule has 0 spiro atoms. The lowest BCUT2D eigenvalue weighted by molar-refractivity contribution is -0.109. The van der Waals surface area contributed by atoms with Gasteiger partial charge in [-0.15, -0.1) is 0 Å². The molecule has 80 valence electrons. The molecule has 0 unspecified atom stereocenters. The Morgan fingerprint density at radius 3 is 2.69 bits per heavy atom. The van der Waals surface area contributed by atoms with Gasteiger partial charge in [0.1, 0.15) is 6.29 Å². The molecule has 1 nitrogen and oxygen atoms in total. The number of aldehydes is 1. The number of carbonyl (C=O) groups is 1. The van der Waals surface area contributed by atoms with Crippen LogP contribution >= 0.6 is 11.6 Å². The smallest absolute Gasteiger partial charge is 0.130 e. The van der Waals surface area contributed by atoms with Gasteiger partial charge in [0.05, 0.1) is 5.41 Å². The molecule has 0 N–H and O–H groups in total. The molecule has 0 heterocycles. The maximum Gasteiger partial charge on any atom is 0.130 e. The van der Waals surface area contributed by atoms with Crippen molar-refractivity contribution in [1.29, 1.82) is 0 Å². The topological polar surface area (TPSA) is 17.1 Å². The molecule has 0 atom stereocenters. The van der Waals surface area contributed by atoms with E-state index in [9.17, 15) is 4.79 Å². The van der Waals surface area contributed by atoms with E-state index in [1.54, 1.807) is 0 Å². The fourth-order valence-electron chi connectivity index (χ4n) is 2.16. The highest BCUT2D eigenvalue weighted by Gasteiger charge is 2.44. The summed E-state index contributed by atoms with van der Waals surface area (Å²) in [6, 6.07) is 12.0. The molecule has 0 saturated heterocycles. The van der Waals surface area contributed by atoms with Crippen LogP contribution in [-0.4, -0.2) is 6.29 Å². The average Bonchev–Trinajstić information content (AvgIpc) is 3.10. The van der Waals surface area contributed by atoms with Crippen molar-refractivity contribution in [3.05, 3.63) is 47.0 Å². The first-order valence-corrected chi connectivity index (χ1v) is 5.78.